The number of nitrogens with zero attached hydrogens (tertiary/aromatic N) is 3. The number of carbonyl (C=O) groups excluding carboxylic acids is 2. The molecule has 2 amide bonds. The molecule has 0 saturated heterocycles. The second-order valence-electron chi connectivity index (χ2n) is 6.48. The zero-order chi connectivity index (χ0) is 21.3. The highest BCUT2D eigenvalue weighted by Gasteiger charge is 2.19. The van der Waals surface area contributed by atoms with Gasteiger partial charge in [-0.25, -0.2) is 14.6 Å². The molecule has 2 aromatic carbocycles. The Morgan fingerprint density at radius 3 is 2.60 bits per heavy atom. The van der Waals surface area contributed by atoms with Crippen LogP contribution in [0.5, 0.6) is 0 Å². The van der Waals surface area contributed by atoms with Crippen molar-refractivity contribution in [3.05, 3.63) is 77.2 Å². The minimum Gasteiger partial charge on any atom is -0.465 e. The molecule has 4 N–H and O–H groups in total. The van der Waals surface area contributed by atoms with E-state index in [-0.39, 0.29) is 0 Å². The van der Waals surface area contributed by atoms with Crippen LogP contribution in [0.3, 0.4) is 0 Å². The fourth-order valence-corrected chi connectivity index (χ4v) is 3.27. The normalized spacial score (nSPS) is 12.7. The number of methoxy groups -OCH3 is 1. The van der Waals surface area contributed by atoms with Crippen molar-refractivity contribution in [3.63, 3.8) is 0 Å². The average Bonchev–Trinajstić information content (AvgIpc) is 3.24. The fraction of sp³-hybridized carbons (Fsp3) is 0.0952. The summed E-state index contributed by atoms with van der Waals surface area (Å²) < 4.78 is 10.0. The molecular weight excluding hydrogens is 386 g/mol. The molecule has 30 heavy (non-hydrogen) atoms. The fourth-order valence-electron chi connectivity index (χ4n) is 3.27. The summed E-state index contributed by atoms with van der Waals surface area (Å²) >= 11 is 0. The van der Waals surface area contributed by atoms with Crippen molar-refractivity contribution in [1.29, 1.82) is 0 Å². The van der Waals surface area contributed by atoms with E-state index in [9.17, 15) is 9.59 Å². The molecule has 3 aromatic rings. The van der Waals surface area contributed by atoms with Gasteiger partial charge in [0.15, 0.2) is 0 Å². The lowest BCUT2D eigenvalue weighted by Crippen LogP contribution is -2.42. The maximum absolute atomic E-state index is 12.2. The second-order valence-corrected chi connectivity index (χ2v) is 6.48. The van der Waals surface area contributed by atoms with Gasteiger partial charge in [-0.15, -0.1) is 0 Å². The van der Waals surface area contributed by atoms with Crippen LogP contribution < -0.4 is 32.0 Å². The van der Waals surface area contributed by atoms with E-state index in [1.54, 1.807) is 48.7 Å². The molecule has 9 heteroatoms. The van der Waals surface area contributed by atoms with Crippen LogP contribution in [0.1, 0.15) is 10.4 Å². The molecule has 2 heterocycles. The van der Waals surface area contributed by atoms with Crippen LogP contribution in [0.4, 0.5) is 21.9 Å². The molecule has 0 saturated carbocycles. The lowest BCUT2D eigenvalue weighted by atomic mass is 10.1. The minimum atomic E-state index is -0.688. The summed E-state index contributed by atoms with van der Waals surface area (Å²) in [6, 6.07) is 14.6. The molecule has 0 fully saturated rings. The van der Waals surface area contributed by atoms with Crippen molar-refractivity contribution < 1.29 is 18.7 Å². The minimum absolute atomic E-state index is 0.311. The Morgan fingerprint density at radius 2 is 1.90 bits per heavy atom. The van der Waals surface area contributed by atoms with Gasteiger partial charge < -0.3 is 25.5 Å². The predicted octanol–water partition coefficient (Wildman–Crippen LogP) is 1.40. The number of amides is 2. The number of fused-ring (bicyclic) bond motifs is 1. The van der Waals surface area contributed by atoms with Gasteiger partial charge >= 0.3 is 12.0 Å². The summed E-state index contributed by atoms with van der Waals surface area (Å²) in [5, 5.41) is 0.726. The van der Waals surface area contributed by atoms with E-state index in [1.165, 1.54) is 12.0 Å². The van der Waals surface area contributed by atoms with Crippen LogP contribution >= 0.6 is 0 Å². The molecule has 152 valence electrons. The number of nitrogens with two attached hydrogens (primary N) is 2. The Morgan fingerprint density at radius 1 is 1.13 bits per heavy atom. The highest BCUT2D eigenvalue weighted by molar-refractivity contribution is 6.00. The highest BCUT2D eigenvalue weighted by Crippen LogP contribution is 2.29. The van der Waals surface area contributed by atoms with Crippen LogP contribution in [0.2, 0.25) is 0 Å². The number of carbonyl (C=O) groups is 2. The van der Waals surface area contributed by atoms with Crippen molar-refractivity contribution in [2.45, 2.75) is 0 Å². The average molecular weight is 405 g/mol. The van der Waals surface area contributed by atoms with Gasteiger partial charge in [0.05, 0.1) is 35.5 Å². The Hall–Kier alpha value is -4.27. The molecule has 0 atom stereocenters. The standard InChI is InChI=1S/C21H19N5O4/c1-29-20(27)13-3-2-4-16(11-13)26(21(23)28)15-7-5-14(6-8-15)25-12-24-19-17(18(25)22)9-10-30-19/h2-11H,12,22H2,1H3,(H2,23,28). The van der Waals surface area contributed by atoms with Gasteiger partial charge in [-0.1, -0.05) is 6.07 Å². The first-order valence-corrected chi connectivity index (χ1v) is 9.03. The first kappa shape index (κ1) is 19.1. The number of hydrogen-bond acceptors (Lipinski definition) is 7. The van der Waals surface area contributed by atoms with E-state index in [0.29, 0.717) is 35.0 Å². The van der Waals surface area contributed by atoms with Crippen LogP contribution in [0.15, 0.2) is 70.3 Å². The third kappa shape index (κ3) is 3.32. The van der Waals surface area contributed by atoms with Crippen molar-refractivity contribution in [1.82, 2.24) is 0 Å². The van der Waals surface area contributed by atoms with E-state index in [1.807, 2.05) is 17.0 Å². The summed E-state index contributed by atoms with van der Waals surface area (Å²) in [5.74, 6) is 0.0223. The molecule has 0 spiro atoms. The number of hydrogen-bond donors (Lipinski definition) is 2. The second kappa shape index (κ2) is 7.63. The van der Waals surface area contributed by atoms with Gasteiger partial charge in [-0.2, -0.15) is 0 Å². The smallest absolute Gasteiger partial charge is 0.337 e. The zero-order valence-corrected chi connectivity index (χ0v) is 16.1. The number of esters is 1. The van der Waals surface area contributed by atoms with E-state index in [2.05, 4.69) is 4.99 Å². The monoisotopic (exact) mass is 405 g/mol. The summed E-state index contributed by atoms with van der Waals surface area (Å²) in [5.41, 5.74) is 14.5. The molecule has 0 unspecified atom stereocenters. The van der Waals surface area contributed by atoms with Crippen molar-refractivity contribution in [2.75, 3.05) is 23.6 Å². The van der Waals surface area contributed by atoms with Crippen molar-refractivity contribution >= 4 is 34.9 Å². The third-order valence-electron chi connectivity index (χ3n) is 4.73. The molecule has 9 nitrogen and oxygen atoms in total. The molecule has 1 aliphatic rings. The van der Waals surface area contributed by atoms with E-state index >= 15 is 0 Å². The third-order valence-corrected chi connectivity index (χ3v) is 4.73. The first-order valence-electron chi connectivity index (χ1n) is 9.03. The van der Waals surface area contributed by atoms with Gasteiger partial charge in [0.2, 0.25) is 5.55 Å². The number of furan rings is 1. The SMILES string of the molecule is COC(=O)c1cccc(N(C(N)=O)c2ccc(N3CN=c4occc4=C3N)cc2)c1. The molecule has 0 radical (unpaired) electrons. The molecule has 1 aliphatic heterocycles. The number of primary amides is 1. The van der Waals surface area contributed by atoms with E-state index in [4.69, 9.17) is 20.6 Å². The number of benzene rings is 2. The van der Waals surface area contributed by atoms with Crippen LogP contribution in [0.25, 0.3) is 5.82 Å². The highest BCUT2D eigenvalue weighted by atomic mass is 16.5. The summed E-state index contributed by atoms with van der Waals surface area (Å²) in [7, 11) is 1.29. The summed E-state index contributed by atoms with van der Waals surface area (Å²) in [4.78, 5) is 31.5. The maximum atomic E-state index is 12.2. The summed E-state index contributed by atoms with van der Waals surface area (Å²) in [6.45, 7) is 0.312. The van der Waals surface area contributed by atoms with Crippen molar-refractivity contribution in [2.24, 2.45) is 16.5 Å². The van der Waals surface area contributed by atoms with E-state index < -0.39 is 12.0 Å². The van der Waals surface area contributed by atoms with E-state index in [0.717, 1.165) is 10.9 Å². The Kier molecular flexibility index (Phi) is 4.85. The Labute approximate surface area is 171 Å². The Bertz CT molecular complexity index is 1230. The first-order chi connectivity index (χ1) is 14.5. The molecule has 0 bridgehead atoms. The van der Waals surface area contributed by atoms with Crippen LogP contribution in [-0.2, 0) is 4.74 Å². The lowest BCUT2D eigenvalue weighted by Gasteiger charge is -2.26. The molecular formula is C21H19N5O4. The predicted molar refractivity (Wildman–Crippen MR) is 110 cm³/mol. The number of urea groups is 1. The van der Waals surface area contributed by atoms with Crippen LogP contribution in [-0.4, -0.2) is 25.8 Å². The largest absolute Gasteiger partial charge is 0.465 e. The van der Waals surface area contributed by atoms with Gasteiger partial charge in [-0.3, -0.25) is 4.90 Å². The zero-order valence-electron chi connectivity index (χ0n) is 16.1. The molecule has 1 aromatic heterocycles. The topological polar surface area (TPSA) is 127 Å². The number of rotatable bonds is 4. The maximum Gasteiger partial charge on any atom is 0.337 e. The summed E-state index contributed by atoms with van der Waals surface area (Å²) in [6.07, 6.45) is 1.54. The lowest BCUT2D eigenvalue weighted by molar-refractivity contribution is 0.0600. The number of ether oxygens (including phenoxy) is 1. The van der Waals surface area contributed by atoms with Gasteiger partial charge in [-0.05, 0) is 48.5 Å². The van der Waals surface area contributed by atoms with Crippen LogP contribution in [0, 0.1) is 0 Å². The molecule has 4 rings (SSSR count). The molecule has 0 aliphatic carbocycles. The quantitative estimate of drug-likeness (QED) is 0.632. The Balaban J connectivity index is 1.67. The van der Waals surface area contributed by atoms with Crippen molar-refractivity contribution in [3.8, 4) is 0 Å². The number of anilines is 3. The van der Waals surface area contributed by atoms with Gasteiger partial charge in [0, 0.05) is 5.69 Å². The van der Waals surface area contributed by atoms with Gasteiger partial charge in [0.1, 0.15) is 12.5 Å². The van der Waals surface area contributed by atoms with Gasteiger partial charge in [0.25, 0.3) is 0 Å².